The zero-order chi connectivity index (χ0) is 55.5. The minimum atomic E-state index is -1.63. The van der Waals surface area contributed by atoms with E-state index in [1.165, 1.54) is 141 Å². The minimum absolute atomic E-state index is 0.144. The summed E-state index contributed by atoms with van der Waals surface area (Å²) >= 11 is 0. The summed E-state index contributed by atoms with van der Waals surface area (Å²) in [5, 5.41) is 11.8. The van der Waals surface area contributed by atoms with Crippen molar-refractivity contribution in [1.82, 2.24) is 0 Å². The van der Waals surface area contributed by atoms with E-state index in [4.69, 9.17) is 18.9 Å². The number of nitrogens with zero attached hydrogens (tertiary/aromatic N) is 1. The molecule has 76 heavy (non-hydrogen) atoms. The average Bonchev–Trinajstić information content (AvgIpc) is 3.39. The van der Waals surface area contributed by atoms with E-state index < -0.39 is 24.3 Å². The number of quaternary nitrogens is 1. The summed E-state index contributed by atoms with van der Waals surface area (Å²) in [5.74, 6) is -2.28. The van der Waals surface area contributed by atoms with Crippen molar-refractivity contribution in [3.63, 3.8) is 0 Å². The summed E-state index contributed by atoms with van der Waals surface area (Å²) < 4.78 is 22.7. The number of allylic oxidation sites excluding steroid dienone is 14. The van der Waals surface area contributed by atoms with E-state index in [1.54, 1.807) is 0 Å². The molecule has 0 aliphatic carbocycles. The summed E-state index contributed by atoms with van der Waals surface area (Å²) in [7, 11) is 5.92. The summed E-state index contributed by atoms with van der Waals surface area (Å²) in [6.07, 6.45) is 73.5. The summed E-state index contributed by atoms with van der Waals surface area (Å²) in [4.78, 5) is 37.4. The quantitative estimate of drug-likeness (QED) is 0.0195. The van der Waals surface area contributed by atoms with Crippen molar-refractivity contribution in [2.75, 3.05) is 47.5 Å². The molecule has 0 radical (unpaired) electrons. The molecule has 0 heterocycles. The molecule has 0 spiro atoms. The van der Waals surface area contributed by atoms with Crippen LogP contribution < -0.4 is 5.11 Å². The van der Waals surface area contributed by atoms with Crippen molar-refractivity contribution in [3.8, 4) is 0 Å². The highest BCUT2D eigenvalue weighted by molar-refractivity contribution is 5.70. The van der Waals surface area contributed by atoms with Crippen LogP contribution >= 0.6 is 0 Å². The first-order valence-electron chi connectivity index (χ1n) is 31.2. The molecule has 0 saturated heterocycles. The molecule has 0 aromatic carbocycles. The third kappa shape index (κ3) is 58.2. The Morgan fingerprint density at radius 2 is 0.750 bits per heavy atom. The smallest absolute Gasteiger partial charge is 0.306 e. The molecular formula is C67H117NO8. The maximum atomic E-state index is 12.9. The van der Waals surface area contributed by atoms with E-state index in [-0.39, 0.29) is 32.2 Å². The molecule has 438 valence electrons. The molecule has 0 saturated carbocycles. The van der Waals surface area contributed by atoms with Crippen LogP contribution in [0.25, 0.3) is 0 Å². The number of carbonyl (C=O) groups is 3. The summed E-state index contributed by atoms with van der Waals surface area (Å²) in [5.41, 5.74) is 0. The first kappa shape index (κ1) is 72.5. The molecule has 0 aliphatic heterocycles. The molecule has 0 amide bonds. The van der Waals surface area contributed by atoms with Gasteiger partial charge in [-0.1, -0.05) is 266 Å². The zero-order valence-electron chi connectivity index (χ0n) is 49.9. The number of hydrogen-bond acceptors (Lipinski definition) is 8. The average molecular weight is 1060 g/mol. The fourth-order valence-corrected chi connectivity index (χ4v) is 8.64. The van der Waals surface area contributed by atoms with Crippen LogP contribution in [-0.4, -0.2) is 82.3 Å². The maximum Gasteiger partial charge on any atom is 0.306 e. The van der Waals surface area contributed by atoms with Crippen molar-refractivity contribution in [3.05, 3.63) is 85.1 Å². The van der Waals surface area contributed by atoms with Crippen LogP contribution in [-0.2, 0) is 33.3 Å². The Hall–Kier alpha value is -3.53. The highest BCUT2D eigenvalue weighted by Crippen LogP contribution is 2.17. The van der Waals surface area contributed by atoms with Crippen LogP contribution in [0.1, 0.15) is 264 Å². The number of carboxylic acids is 1. The van der Waals surface area contributed by atoms with E-state index in [2.05, 4.69) is 98.9 Å². The molecule has 0 fully saturated rings. The van der Waals surface area contributed by atoms with Gasteiger partial charge in [0, 0.05) is 12.8 Å². The lowest BCUT2D eigenvalue weighted by atomic mass is 10.0. The number of carbonyl (C=O) groups excluding carboxylic acids is 3. The molecule has 2 unspecified atom stereocenters. The van der Waals surface area contributed by atoms with Gasteiger partial charge in [0.05, 0.1) is 40.3 Å². The highest BCUT2D eigenvalue weighted by atomic mass is 16.7. The van der Waals surface area contributed by atoms with Gasteiger partial charge in [-0.3, -0.25) is 9.59 Å². The Bertz CT molecular complexity index is 1520. The molecule has 9 heteroatoms. The largest absolute Gasteiger partial charge is 0.545 e. The predicted octanol–water partition coefficient (Wildman–Crippen LogP) is 17.4. The first-order valence-corrected chi connectivity index (χ1v) is 31.2. The molecule has 0 aromatic rings. The van der Waals surface area contributed by atoms with Crippen LogP contribution in [0.5, 0.6) is 0 Å². The Kier molecular flexibility index (Phi) is 55.0. The number of rotatable bonds is 57. The van der Waals surface area contributed by atoms with Gasteiger partial charge in [0.2, 0.25) is 0 Å². The zero-order valence-corrected chi connectivity index (χ0v) is 49.9. The molecule has 0 bridgehead atoms. The number of hydrogen-bond donors (Lipinski definition) is 0. The van der Waals surface area contributed by atoms with Crippen LogP contribution in [0.4, 0.5) is 0 Å². The maximum absolute atomic E-state index is 12.9. The van der Waals surface area contributed by atoms with Gasteiger partial charge >= 0.3 is 11.9 Å². The summed E-state index contributed by atoms with van der Waals surface area (Å²) in [6, 6.07) is 0. The van der Waals surface area contributed by atoms with Crippen molar-refractivity contribution < 1.29 is 42.9 Å². The predicted molar refractivity (Wildman–Crippen MR) is 320 cm³/mol. The molecule has 9 nitrogen and oxygen atoms in total. The number of unbranched alkanes of at least 4 members (excludes halogenated alkanes) is 28. The van der Waals surface area contributed by atoms with Crippen molar-refractivity contribution in [2.24, 2.45) is 0 Å². The van der Waals surface area contributed by atoms with E-state index in [0.29, 0.717) is 23.9 Å². The third-order valence-electron chi connectivity index (χ3n) is 13.4. The van der Waals surface area contributed by atoms with E-state index >= 15 is 0 Å². The van der Waals surface area contributed by atoms with Gasteiger partial charge in [0.1, 0.15) is 13.2 Å². The van der Waals surface area contributed by atoms with Crippen molar-refractivity contribution in [2.45, 2.75) is 277 Å². The van der Waals surface area contributed by atoms with Crippen LogP contribution in [0.3, 0.4) is 0 Å². The van der Waals surface area contributed by atoms with E-state index in [9.17, 15) is 19.5 Å². The number of likely N-dealkylation sites (N-methyl/N-ethyl adjacent to an activating group) is 1. The van der Waals surface area contributed by atoms with Gasteiger partial charge in [-0.15, -0.1) is 0 Å². The van der Waals surface area contributed by atoms with E-state index in [1.807, 2.05) is 21.1 Å². The number of carboxylic acid groups (broad SMARTS) is 1. The van der Waals surface area contributed by atoms with Gasteiger partial charge < -0.3 is 33.3 Å². The number of esters is 2. The lowest BCUT2D eigenvalue weighted by Crippen LogP contribution is -2.44. The second-order valence-electron chi connectivity index (χ2n) is 22.0. The molecule has 0 aromatic heterocycles. The fraction of sp³-hybridized carbons (Fsp3) is 0.746. The number of aliphatic carboxylic acids is 1. The Morgan fingerprint density at radius 3 is 1.12 bits per heavy atom. The Balaban J connectivity index is 4.22. The van der Waals surface area contributed by atoms with Gasteiger partial charge in [0.15, 0.2) is 12.4 Å². The molecular weight excluding hydrogens is 947 g/mol. The molecule has 2 atom stereocenters. The lowest BCUT2D eigenvalue weighted by Gasteiger charge is -2.26. The molecule has 0 aliphatic rings. The third-order valence-corrected chi connectivity index (χ3v) is 13.4. The van der Waals surface area contributed by atoms with Crippen LogP contribution in [0, 0.1) is 0 Å². The standard InChI is InChI=1S/C67H117NO8/c1-6-8-10-12-14-16-18-20-22-24-26-28-29-30-31-32-33-34-35-36-37-38-40-42-44-46-48-50-52-54-56-58-65(70)76-63(62-75-67(66(71)72)73-60-59-68(3,4)5)61-74-64(69)57-55-53-51-49-47-45-43-41-39-27-25-23-21-19-17-15-13-11-9-7-2/h8,10,14,16,20,22,26,28,30-31,33-34,36-37,63,67H,6-7,9,11-13,15,17-19,21,23-25,27,29,32,35,38-62H2,1-5H3/b10-8-,16-14-,22-20-,28-26-,31-30-,34-33-,37-36-. The normalized spacial score (nSPS) is 13.3. The lowest BCUT2D eigenvalue weighted by molar-refractivity contribution is -0.870. The van der Waals surface area contributed by atoms with E-state index in [0.717, 1.165) is 89.9 Å². The molecule has 0 rings (SSSR count). The minimum Gasteiger partial charge on any atom is -0.545 e. The summed E-state index contributed by atoms with van der Waals surface area (Å²) in [6.45, 7) is 4.65. The van der Waals surface area contributed by atoms with Crippen molar-refractivity contribution in [1.29, 1.82) is 0 Å². The second kappa shape index (κ2) is 57.6. The Labute approximate surface area is 468 Å². The highest BCUT2D eigenvalue weighted by Gasteiger charge is 2.22. The SMILES string of the molecule is CC/C=C\C/C=C\C/C=C\C/C=C\C/C=C\C/C=C\C/C=C\CCCCCCCCCCCC(=O)OC(COC(=O)CCCCCCCCCCCCCCCCCCCCCC)COC(OCC[N+](C)(C)C)C(=O)[O-]. The van der Waals surface area contributed by atoms with Gasteiger partial charge in [-0.05, 0) is 70.6 Å². The van der Waals surface area contributed by atoms with Crippen LogP contribution in [0.15, 0.2) is 85.1 Å². The first-order chi connectivity index (χ1) is 37.1. The molecule has 0 N–H and O–H groups in total. The van der Waals surface area contributed by atoms with Crippen LogP contribution in [0.2, 0.25) is 0 Å². The van der Waals surface area contributed by atoms with Gasteiger partial charge in [0.25, 0.3) is 0 Å². The fourth-order valence-electron chi connectivity index (χ4n) is 8.64. The van der Waals surface area contributed by atoms with Crippen molar-refractivity contribution >= 4 is 17.9 Å². The van der Waals surface area contributed by atoms with Gasteiger partial charge in [-0.25, -0.2) is 0 Å². The monoisotopic (exact) mass is 1060 g/mol. The second-order valence-corrected chi connectivity index (χ2v) is 22.0. The number of ether oxygens (including phenoxy) is 4. The topological polar surface area (TPSA) is 111 Å². The van der Waals surface area contributed by atoms with Gasteiger partial charge in [-0.2, -0.15) is 0 Å². The Morgan fingerprint density at radius 1 is 0.408 bits per heavy atom.